The van der Waals surface area contributed by atoms with Crippen molar-refractivity contribution in [2.75, 3.05) is 0 Å². The van der Waals surface area contributed by atoms with Crippen molar-refractivity contribution in [1.29, 1.82) is 0 Å². The number of nitrogens with zero attached hydrogens (tertiary/aromatic N) is 4. The Morgan fingerprint density at radius 2 is 1.85 bits per heavy atom. The average Bonchev–Trinajstić information content (AvgIpc) is 2.95. The third-order valence-corrected chi connectivity index (χ3v) is 4.67. The molecule has 0 amide bonds. The number of halogens is 3. The minimum Gasteiger partial charge on any atom is -0.258 e. The fraction of sp³-hybridized carbons (Fsp3) is 0.316. The summed E-state index contributed by atoms with van der Waals surface area (Å²) in [7, 11) is 0. The third kappa shape index (κ3) is 3.47. The van der Waals surface area contributed by atoms with Crippen LogP contribution in [0.1, 0.15) is 36.6 Å². The summed E-state index contributed by atoms with van der Waals surface area (Å²) in [6, 6.07) is 5.99. The monoisotopic (exact) mass is 358 g/mol. The number of rotatable bonds is 5. The van der Waals surface area contributed by atoms with Gasteiger partial charge in [0.1, 0.15) is 23.3 Å². The summed E-state index contributed by atoms with van der Waals surface area (Å²) >= 11 is 0. The number of benzene rings is 1. The minimum absolute atomic E-state index is 0.0858. The lowest BCUT2D eigenvalue weighted by atomic mass is 9.83. The van der Waals surface area contributed by atoms with Gasteiger partial charge in [0.25, 0.3) is 0 Å². The summed E-state index contributed by atoms with van der Waals surface area (Å²) in [5, 5.41) is 4.43. The Morgan fingerprint density at radius 3 is 2.50 bits per heavy atom. The van der Waals surface area contributed by atoms with Gasteiger partial charge in [-0.2, -0.15) is 5.10 Å². The van der Waals surface area contributed by atoms with E-state index in [9.17, 15) is 13.2 Å². The Bertz CT molecular complexity index is 914. The van der Waals surface area contributed by atoms with Crippen LogP contribution in [-0.4, -0.2) is 19.7 Å². The molecule has 4 nitrogen and oxygen atoms in total. The highest BCUT2D eigenvalue weighted by molar-refractivity contribution is 5.33. The largest absolute Gasteiger partial charge is 0.258 e. The summed E-state index contributed by atoms with van der Waals surface area (Å²) in [6.07, 6.45) is 5.76. The fourth-order valence-electron chi connectivity index (χ4n) is 3.11. The maximum absolute atomic E-state index is 14.0. The molecule has 0 N–H and O–H groups in total. The van der Waals surface area contributed by atoms with Gasteiger partial charge in [0.2, 0.25) is 0 Å². The van der Waals surface area contributed by atoms with Gasteiger partial charge >= 0.3 is 0 Å². The maximum atomic E-state index is 14.0. The summed E-state index contributed by atoms with van der Waals surface area (Å²) < 4.78 is 42.6. The third-order valence-electron chi connectivity index (χ3n) is 4.67. The van der Waals surface area contributed by atoms with E-state index in [1.165, 1.54) is 41.6 Å². The zero-order valence-corrected chi connectivity index (χ0v) is 14.0. The van der Waals surface area contributed by atoms with Gasteiger partial charge in [-0.05, 0) is 30.2 Å². The molecule has 0 radical (unpaired) electrons. The van der Waals surface area contributed by atoms with E-state index in [0.29, 0.717) is 24.0 Å². The number of hydrogen-bond acceptors (Lipinski definition) is 3. The Balaban J connectivity index is 1.73. The van der Waals surface area contributed by atoms with Gasteiger partial charge in [-0.25, -0.2) is 22.8 Å². The quantitative estimate of drug-likeness (QED) is 0.692. The van der Waals surface area contributed by atoms with Crippen LogP contribution in [0.3, 0.4) is 0 Å². The number of hydrogen-bond donors (Lipinski definition) is 0. The average molecular weight is 358 g/mol. The zero-order chi connectivity index (χ0) is 18.1. The van der Waals surface area contributed by atoms with Crippen molar-refractivity contribution in [2.45, 2.75) is 32.1 Å². The van der Waals surface area contributed by atoms with Gasteiger partial charge in [0.05, 0.1) is 17.8 Å². The Kier molecular flexibility index (Phi) is 4.44. The van der Waals surface area contributed by atoms with Crippen molar-refractivity contribution in [3.8, 4) is 5.69 Å². The van der Waals surface area contributed by atoms with E-state index in [4.69, 9.17) is 0 Å². The van der Waals surface area contributed by atoms with Crippen molar-refractivity contribution in [3.05, 3.63) is 71.3 Å². The smallest absolute Gasteiger partial charge is 0.151 e. The highest BCUT2D eigenvalue weighted by atomic mass is 19.1. The molecular formula is C19H17F3N4. The lowest BCUT2D eigenvalue weighted by Crippen LogP contribution is -2.14. The van der Waals surface area contributed by atoms with E-state index < -0.39 is 17.5 Å². The molecular weight excluding hydrogens is 341 g/mol. The van der Waals surface area contributed by atoms with Crippen LogP contribution >= 0.6 is 0 Å². The van der Waals surface area contributed by atoms with Crippen LogP contribution in [0.5, 0.6) is 0 Å². The molecule has 26 heavy (non-hydrogen) atoms. The predicted octanol–water partition coefficient (Wildman–Crippen LogP) is 4.01. The van der Waals surface area contributed by atoms with Crippen LogP contribution in [0, 0.1) is 23.4 Å². The molecule has 2 aromatic heterocycles. The number of aromatic nitrogens is 4. The summed E-state index contributed by atoms with van der Waals surface area (Å²) in [6.45, 7) is 0. The van der Waals surface area contributed by atoms with E-state index in [2.05, 4.69) is 15.1 Å². The molecule has 1 saturated carbocycles. The van der Waals surface area contributed by atoms with Gasteiger partial charge in [-0.1, -0.05) is 19.3 Å². The van der Waals surface area contributed by atoms with Crippen LogP contribution in [0.2, 0.25) is 0 Å². The van der Waals surface area contributed by atoms with E-state index in [-0.39, 0.29) is 17.8 Å². The highest BCUT2D eigenvalue weighted by Crippen LogP contribution is 2.29. The van der Waals surface area contributed by atoms with Crippen LogP contribution in [0.15, 0.2) is 36.5 Å². The van der Waals surface area contributed by atoms with Gasteiger partial charge in [-0.15, -0.1) is 0 Å². The van der Waals surface area contributed by atoms with E-state index >= 15 is 0 Å². The van der Waals surface area contributed by atoms with Gasteiger partial charge in [0, 0.05) is 18.7 Å². The molecule has 7 heteroatoms. The molecule has 2 heterocycles. The maximum Gasteiger partial charge on any atom is 0.151 e. The SMILES string of the molecule is Fc1cc(F)cc(-n2nc(CC3CCC3)nc2Cc2ncccc2F)c1. The first kappa shape index (κ1) is 16.8. The molecule has 134 valence electrons. The lowest BCUT2D eigenvalue weighted by molar-refractivity contribution is 0.309. The molecule has 0 atom stereocenters. The second kappa shape index (κ2) is 6.90. The van der Waals surface area contributed by atoms with E-state index in [1.54, 1.807) is 0 Å². The fourth-order valence-corrected chi connectivity index (χ4v) is 3.11. The predicted molar refractivity (Wildman–Crippen MR) is 89.3 cm³/mol. The van der Waals surface area contributed by atoms with Gasteiger partial charge in [-0.3, -0.25) is 4.98 Å². The Morgan fingerprint density at radius 1 is 1.08 bits per heavy atom. The lowest BCUT2D eigenvalue weighted by Gasteiger charge is -2.23. The Hall–Kier alpha value is -2.70. The van der Waals surface area contributed by atoms with Gasteiger partial charge < -0.3 is 0 Å². The molecule has 1 aromatic carbocycles. The Labute approximate surface area is 148 Å². The summed E-state index contributed by atoms with van der Waals surface area (Å²) in [4.78, 5) is 8.54. The highest BCUT2D eigenvalue weighted by Gasteiger charge is 2.22. The van der Waals surface area contributed by atoms with E-state index in [0.717, 1.165) is 18.9 Å². The van der Waals surface area contributed by atoms with Crippen molar-refractivity contribution in [2.24, 2.45) is 5.92 Å². The molecule has 3 aromatic rings. The van der Waals surface area contributed by atoms with Crippen LogP contribution in [0.25, 0.3) is 5.69 Å². The molecule has 0 aliphatic heterocycles. The molecule has 0 spiro atoms. The topological polar surface area (TPSA) is 43.6 Å². The van der Waals surface area contributed by atoms with Gasteiger partial charge in [0.15, 0.2) is 5.82 Å². The molecule has 0 unspecified atom stereocenters. The molecule has 0 bridgehead atoms. The first-order valence-electron chi connectivity index (χ1n) is 8.59. The molecule has 0 saturated heterocycles. The molecule has 1 aliphatic rings. The van der Waals surface area contributed by atoms with Crippen molar-refractivity contribution in [1.82, 2.24) is 19.7 Å². The van der Waals surface area contributed by atoms with Crippen molar-refractivity contribution < 1.29 is 13.2 Å². The van der Waals surface area contributed by atoms with Crippen LogP contribution < -0.4 is 0 Å². The van der Waals surface area contributed by atoms with Crippen LogP contribution in [-0.2, 0) is 12.8 Å². The zero-order valence-electron chi connectivity index (χ0n) is 14.0. The minimum atomic E-state index is -0.703. The standard InChI is InChI=1S/C19H17F3N4/c20-13-8-14(21)10-15(9-13)26-19(11-17-16(22)5-2-6-23-17)24-18(25-26)7-12-3-1-4-12/h2,5-6,8-10,12H,1,3-4,7,11H2. The molecule has 1 fully saturated rings. The first-order chi connectivity index (χ1) is 12.6. The van der Waals surface area contributed by atoms with Crippen molar-refractivity contribution in [3.63, 3.8) is 0 Å². The number of pyridine rings is 1. The summed E-state index contributed by atoms with van der Waals surface area (Å²) in [5.74, 6) is -0.313. The molecule has 1 aliphatic carbocycles. The van der Waals surface area contributed by atoms with E-state index in [1.807, 2.05) is 0 Å². The molecule has 4 rings (SSSR count). The normalized spacial score (nSPS) is 14.4. The summed E-state index contributed by atoms with van der Waals surface area (Å²) in [5.41, 5.74) is 0.439. The first-order valence-corrected chi connectivity index (χ1v) is 8.59. The second-order valence-corrected chi connectivity index (χ2v) is 6.59. The van der Waals surface area contributed by atoms with Crippen molar-refractivity contribution >= 4 is 0 Å². The van der Waals surface area contributed by atoms with Crippen LogP contribution in [0.4, 0.5) is 13.2 Å². The second-order valence-electron chi connectivity index (χ2n) is 6.59.